The highest BCUT2D eigenvalue weighted by Gasteiger charge is 2.17. The number of halogens is 1. The number of rotatable bonds is 11. The lowest BCUT2D eigenvalue weighted by molar-refractivity contribution is -0.118. The number of aromatic nitrogens is 3. The minimum Gasteiger partial charge on any atom is -0.493 e. The molecule has 0 fully saturated rings. The number of hydrogen-bond acceptors (Lipinski definition) is 7. The summed E-state index contributed by atoms with van der Waals surface area (Å²) in [7, 11) is 1.59. The Hall–Kier alpha value is -4.41. The molecule has 1 amide bonds. The van der Waals surface area contributed by atoms with Crippen LogP contribution in [0.4, 0.5) is 0 Å². The number of nitrogens with one attached hydrogen (secondary N) is 1. The summed E-state index contributed by atoms with van der Waals surface area (Å²) in [5, 5.41) is 13.5. The van der Waals surface area contributed by atoms with Gasteiger partial charge in [-0.15, -0.1) is 10.2 Å². The van der Waals surface area contributed by atoms with Crippen LogP contribution in [0.5, 0.6) is 11.5 Å². The molecule has 1 aromatic heterocycles. The Labute approximate surface area is 250 Å². The zero-order chi connectivity index (χ0) is 28.4. The third-order valence-electron chi connectivity index (χ3n) is 5.91. The molecule has 0 aliphatic heterocycles. The number of carbonyl (C=O) groups excluding carboxylic acids is 1. The second-order valence-electron chi connectivity index (χ2n) is 8.75. The summed E-state index contributed by atoms with van der Waals surface area (Å²) in [6, 6.07) is 33.0. The SMILES string of the molecule is COc1ccc(/C=N/NC(=O)CSc2nnc(-c3ccc(Br)cc3)n2-c2ccccc2)cc1OCc1ccccc1. The van der Waals surface area contributed by atoms with Crippen molar-refractivity contribution in [1.29, 1.82) is 0 Å². The van der Waals surface area contributed by atoms with Crippen LogP contribution < -0.4 is 14.9 Å². The molecule has 10 heteroatoms. The number of amides is 1. The van der Waals surface area contributed by atoms with E-state index in [1.807, 2.05) is 102 Å². The minimum absolute atomic E-state index is 0.108. The summed E-state index contributed by atoms with van der Waals surface area (Å²) >= 11 is 4.76. The number of hydrogen-bond donors (Lipinski definition) is 1. The predicted molar refractivity (Wildman–Crippen MR) is 165 cm³/mol. The van der Waals surface area contributed by atoms with E-state index in [0.717, 1.165) is 26.9 Å². The highest BCUT2D eigenvalue weighted by Crippen LogP contribution is 2.30. The van der Waals surface area contributed by atoms with Gasteiger partial charge in [0.2, 0.25) is 0 Å². The van der Waals surface area contributed by atoms with Crippen LogP contribution in [0.2, 0.25) is 0 Å². The van der Waals surface area contributed by atoms with Gasteiger partial charge in [-0.1, -0.05) is 88.4 Å². The zero-order valence-corrected chi connectivity index (χ0v) is 24.5. The van der Waals surface area contributed by atoms with Gasteiger partial charge < -0.3 is 9.47 Å². The monoisotopic (exact) mass is 627 g/mol. The van der Waals surface area contributed by atoms with E-state index in [-0.39, 0.29) is 11.7 Å². The molecule has 0 saturated carbocycles. The van der Waals surface area contributed by atoms with Crippen LogP contribution in [0.15, 0.2) is 118 Å². The molecule has 5 rings (SSSR count). The van der Waals surface area contributed by atoms with Crippen LogP contribution in [-0.4, -0.2) is 39.7 Å². The third-order valence-corrected chi connectivity index (χ3v) is 7.37. The molecule has 0 saturated heterocycles. The Morgan fingerprint density at radius 3 is 2.41 bits per heavy atom. The van der Waals surface area contributed by atoms with Gasteiger partial charge in [-0.2, -0.15) is 5.10 Å². The summed E-state index contributed by atoms with van der Waals surface area (Å²) in [5.74, 6) is 1.73. The first-order valence-electron chi connectivity index (χ1n) is 12.7. The van der Waals surface area contributed by atoms with E-state index < -0.39 is 0 Å². The van der Waals surface area contributed by atoms with Gasteiger partial charge in [0.15, 0.2) is 22.5 Å². The number of methoxy groups -OCH3 is 1. The molecule has 0 atom stereocenters. The molecule has 0 radical (unpaired) electrons. The van der Waals surface area contributed by atoms with Crippen molar-refractivity contribution >= 4 is 39.8 Å². The van der Waals surface area contributed by atoms with E-state index in [0.29, 0.717) is 29.1 Å². The zero-order valence-electron chi connectivity index (χ0n) is 22.1. The molecule has 4 aromatic carbocycles. The van der Waals surface area contributed by atoms with Crippen LogP contribution in [0, 0.1) is 0 Å². The minimum atomic E-state index is -0.270. The second-order valence-corrected chi connectivity index (χ2v) is 10.6. The van der Waals surface area contributed by atoms with Gasteiger partial charge in [0.1, 0.15) is 6.61 Å². The van der Waals surface area contributed by atoms with Crippen LogP contribution in [-0.2, 0) is 11.4 Å². The van der Waals surface area contributed by atoms with Crippen molar-refractivity contribution in [3.05, 3.63) is 119 Å². The van der Waals surface area contributed by atoms with E-state index in [9.17, 15) is 4.79 Å². The Bertz CT molecular complexity index is 1630. The van der Waals surface area contributed by atoms with E-state index in [4.69, 9.17) is 9.47 Å². The maximum atomic E-state index is 12.6. The predicted octanol–water partition coefficient (Wildman–Crippen LogP) is 6.53. The number of thioether (sulfide) groups is 1. The molecular weight excluding hydrogens is 602 g/mol. The molecule has 1 heterocycles. The Morgan fingerprint density at radius 2 is 1.68 bits per heavy atom. The molecule has 0 bridgehead atoms. The van der Waals surface area contributed by atoms with Crippen LogP contribution in [0.25, 0.3) is 17.1 Å². The number of carbonyl (C=O) groups is 1. The van der Waals surface area contributed by atoms with Crippen LogP contribution in [0.1, 0.15) is 11.1 Å². The van der Waals surface area contributed by atoms with Gasteiger partial charge >= 0.3 is 0 Å². The second kappa shape index (κ2) is 13.8. The van der Waals surface area contributed by atoms with E-state index in [2.05, 4.69) is 36.7 Å². The van der Waals surface area contributed by atoms with Crippen LogP contribution in [0.3, 0.4) is 0 Å². The first-order chi connectivity index (χ1) is 20.1. The number of nitrogens with zero attached hydrogens (tertiary/aromatic N) is 4. The van der Waals surface area contributed by atoms with Crippen molar-refractivity contribution in [3.63, 3.8) is 0 Å². The van der Waals surface area contributed by atoms with Gasteiger partial charge in [0, 0.05) is 15.7 Å². The molecule has 41 heavy (non-hydrogen) atoms. The molecule has 0 unspecified atom stereocenters. The average Bonchev–Trinajstić information content (AvgIpc) is 3.44. The number of ether oxygens (including phenoxy) is 2. The third kappa shape index (κ3) is 7.41. The highest BCUT2D eigenvalue weighted by molar-refractivity contribution is 9.10. The van der Waals surface area contributed by atoms with Crippen molar-refractivity contribution in [2.45, 2.75) is 11.8 Å². The molecule has 206 valence electrons. The first-order valence-corrected chi connectivity index (χ1v) is 14.4. The first kappa shape index (κ1) is 28.1. The quantitative estimate of drug-likeness (QED) is 0.102. The standard InChI is InChI=1S/C31H26BrN5O3S/c1-39-27-17-12-23(18-28(27)40-20-22-8-4-2-5-9-22)19-33-34-29(38)21-41-31-36-35-30(24-13-15-25(32)16-14-24)37(31)26-10-6-3-7-11-26/h2-19H,20-21H2,1H3,(H,34,38)/b33-19+. The van der Waals surface area contributed by atoms with Crippen molar-refractivity contribution < 1.29 is 14.3 Å². The summed E-state index contributed by atoms with van der Waals surface area (Å²) in [6.07, 6.45) is 1.56. The number of para-hydroxylation sites is 1. The molecular formula is C31H26BrN5O3S. The van der Waals surface area contributed by atoms with Crippen LogP contribution >= 0.6 is 27.7 Å². The summed E-state index contributed by atoms with van der Waals surface area (Å²) < 4.78 is 14.3. The molecule has 1 N–H and O–H groups in total. The topological polar surface area (TPSA) is 90.6 Å². The van der Waals surface area contributed by atoms with Gasteiger partial charge in [-0.3, -0.25) is 9.36 Å². The molecule has 0 aliphatic carbocycles. The summed E-state index contributed by atoms with van der Waals surface area (Å²) in [6.45, 7) is 0.406. The molecule has 0 spiro atoms. The summed E-state index contributed by atoms with van der Waals surface area (Å²) in [5.41, 5.74) is 6.21. The van der Waals surface area contributed by atoms with Gasteiger partial charge in [-0.05, 0) is 53.6 Å². The lowest BCUT2D eigenvalue weighted by Gasteiger charge is -2.11. The largest absolute Gasteiger partial charge is 0.493 e. The maximum absolute atomic E-state index is 12.6. The number of benzene rings is 4. The fourth-order valence-electron chi connectivity index (χ4n) is 3.92. The van der Waals surface area contributed by atoms with E-state index in [1.165, 1.54) is 11.8 Å². The van der Waals surface area contributed by atoms with Gasteiger partial charge in [0.25, 0.3) is 5.91 Å². The summed E-state index contributed by atoms with van der Waals surface area (Å²) in [4.78, 5) is 12.6. The van der Waals surface area contributed by atoms with Gasteiger partial charge in [-0.25, -0.2) is 5.43 Å². The van der Waals surface area contributed by atoms with Crippen molar-refractivity contribution in [2.75, 3.05) is 12.9 Å². The van der Waals surface area contributed by atoms with E-state index >= 15 is 0 Å². The normalized spacial score (nSPS) is 11.0. The van der Waals surface area contributed by atoms with Crippen molar-refractivity contribution in [2.24, 2.45) is 5.10 Å². The van der Waals surface area contributed by atoms with Gasteiger partial charge in [0.05, 0.1) is 19.1 Å². The Balaban J connectivity index is 1.23. The lowest BCUT2D eigenvalue weighted by Crippen LogP contribution is -2.20. The Kier molecular flexibility index (Phi) is 9.45. The van der Waals surface area contributed by atoms with Crippen molar-refractivity contribution in [1.82, 2.24) is 20.2 Å². The fourth-order valence-corrected chi connectivity index (χ4v) is 4.93. The lowest BCUT2D eigenvalue weighted by atomic mass is 10.2. The maximum Gasteiger partial charge on any atom is 0.250 e. The fraction of sp³-hybridized carbons (Fsp3) is 0.0968. The Morgan fingerprint density at radius 1 is 0.951 bits per heavy atom. The molecule has 5 aromatic rings. The molecule has 0 aliphatic rings. The molecule has 8 nitrogen and oxygen atoms in total. The number of hydrazone groups is 1. The highest BCUT2D eigenvalue weighted by atomic mass is 79.9. The average molecular weight is 629 g/mol. The van der Waals surface area contributed by atoms with Crippen molar-refractivity contribution in [3.8, 4) is 28.6 Å². The smallest absolute Gasteiger partial charge is 0.250 e. The van der Waals surface area contributed by atoms with E-state index in [1.54, 1.807) is 19.4 Å².